The molecule has 3 rings (SSSR count). The zero-order chi connectivity index (χ0) is 19.9. The predicted molar refractivity (Wildman–Crippen MR) is 112 cm³/mol. The second kappa shape index (κ2) is 9.80. The van der Waals surface area contributed by atoms with Crippen molar-refractivity contribution in [1.29, 1.82) is 0 Å². The summed E-state index contributed by atoms with van der Waals surface area (Å²) < 4.78 is 0. The quantitative estimate of drug-likeness (QED) is 0.747. The zero-order valence-electron chi connectivity index (χ0n) is 16.5. The lowest BCUT2D eigenvalue weighted by Gasteiger charge is -2.34. The van der Waals surface area contributed by atoms with Crippen molar-refractivity contribution in [1.82, 2.24) is 15.2 Å². The summed E-state index contributed by atoms with van der Waals surface area (Å²) in [6, 6.07) is 8.98. The number of thiazole rings is 1. The number of nitrogens with one attached hydrogen (secondary N) is 2. The molecule has 6 nitrogen and oxygen atoms in total. The van der Waals surface area contributed by atoms with Crippen LogP contribution in [0.3, 0.4) is 0 Å². The Kier molecular flexibility index (Phi) is 7.17. The normalized spacial score (nSPS) is 19.9. The Hall–Kier alpha value is -2.25. The molecule has 0 radical (unpaired) electrons. The monoisotopic (exact) mass is 400 g/mol. The number of hydrogen-bond acceptors (Lipinski definition) is 5. The van der Waals surface area contributed by atoms with E-state index in [9.17, 15) is 9.59 Å². The molecule has 28 heavy (non-hydrogen) atoms. The van der Waals surface area contributed by atoms with Crippen molar-refractivity contribution >= 4 is 28.3 Å². The number of amides is 2. The lowest BCUT2D eigenvalue weighted by Crippen LogP contribution is -2.38. The molecule has 0 saturated carbocycles. The molecule has 1 saturated heterocycles. The van der Waals surface area contributed by atoms with E-state index in [2.05, 4.69) is 34.4 Å². The van der Waals surface area contributed by atoms with E-state index >= 15 is 0 Å². The zero-order valence-corrected chi connectivity index (χ0v) is 17.3. The van der Waals surface area contributed by atoms with Crippen LogP contribution in [0.5, 0.6) is 0 Å². The topological polar surface area (TPSA) is 74.3 Å². The first-order chi connectivity index (χ1) is 13.5. The molecule has 2 amide bonds. The van der Waals surface area contributed by atoms with Gasteiger partial charge in [0.1, 0.15) is 0 Å². The van der Waals surface area contributed by atoms with E-state index in [1.165, 1.54) is 17.8 Å². The summed E-state index contributed by atoms with van der Waals surface area (Å²) in [5.41, 5.74) is 1.59. The number of likely N-dealkylation sites (tertiary alicyclic amines) is 1. The summed E-state index contributed by atoms with van der Waals surface area (Å²) in [6.07, 6.45) is 1.50. The second-order valence-corrected chi connectivity index (χ2v) is 8.56. The Morgan fingerprint density at radius 1 is 1.18 bits per heavy atom. The molecule has 2 aromatic rings. The first-order valence-electron chi connectivity index (χ1n) is 9.79. The molecule has 2 N–H and O–H groups in total. The van der Waals surface area contributed by atoms with Crippen LogP contribution in [-0.4, -0.2) is 41.3 Å². The molecule has 1 aromatic heterocycles. The van der Waals surface area contributed by atoms with Gasteiger partial charge in [0.25, 0.3) is 5.91 Å². The molecular formula is C21H28N4O2S. The van der Waals surface area contributed by atoms with Gasteiger partial charge in [-0.1, -0.05) is 32.0 Å². The lowest BCUT2D eigenvalue weighted by atomic mass is 9.92. The predicted octanol–water partition coefficient (Wildman–Crippen LogP) is 3.38. The molecule has 2 unspecified atom stereocenters. The van der Waals surface area contributed by atoms with Gasteiger partial charge in [-0.3, -0.25) is 14.5 Å². The number of nitrogens with zero attached hydrogens (tertiary/aromatic N) is 2. The van der Waals surface area contributed by atoms with Crippen LogP contribution in [0.2, 0.25) is 0 Å². The number of carbonyl (C=O) groups excluding carboxylic acids is 2. The summed E-state index contributed by atoms with van der Waals surface area (Å²) in [7, 11) is 0. The highest BCUT2D eigenvalue weighted by Crippen LogP contribution is 2.24. The highest BCUT2D eigenvalue weighted by atomic mass is 32.1. The Morgan fingerprint density at radius 2 is 1.89 bits per heavy atom. The van der Waals surface area contributed by atoms with E-state index in [1.54, 1.807) is 12.1 Å². The first-order valence-corrected chi connectivity index (χ1v) is 10.7. The third-order valence-corrected chi connectivity index (χ3v) is 5.61. The van der Waals surface area contributed by atoms with Gasteiger partial charge in [-0.15, -0.1) is 11.3 Å². The molecular weight excluding hydrogens is 372 g/mol. The molecule has 1 aliphatic heterocycles. The SMILES string of the molecule is CC1CC(C)CN(Cc2csc(NC(=O)CCNC(=O)c3ccccc3)n2)C1. The van der Waals surface area contributed by atoms with Gasteiger partial charge in [0, 0.05) is 43.5 Å². The van der Waals surface area contributed by atoms with Gasteiger partial charge in [0.2, 0.25) is 5.91 Å². The largest absolute Gasteiger partial charge is 0.352 e. The van der Waals surface area contributed by atoms with Gasteiger partial charge in [-0.25, -0.2) is 4.98 Å². The fourth-order valence-electron chi connectivity index (χ4n) is 3.75. The molecule has 1 aromatic carbocycles. The molecule has 0 spiro atoms. The number of rotatable bonds is 7. The number of aromatic nitrogens is 1. The van der Waals surface area contributed by atoms with Gasteiger partial charge in [0.05, 0.1) is 5.69 Å². The minimum atomic E-state index is -0.171. The summed E-state index contributed by atoms with van der Waals surface area (Å²) in [5, 5.41) is 8.22. The average molecular weight is 401 g/mol. The molecule has 0 aliphatic carbocycles. The average Bonchev–Trinajstić information content (AvgIpc) is 3.08. The summed E-state index contributed by atoms with van der Waals surface area (Å²) in [4.78, 5) is 31.1. The minimum Gasteiger partial charge on any atom is -0.352 e. The van der Waals surface area contributed by atoms with Crippen LogP contribution in [0.25, 0.3) is 0 Å². The minimum absolute atomic E-state index is 0.144. The molecule has 1 fully saturated rings. The Morgan fingerprint density at radius 3 is 2.61 bits per heavy atom. The van der Waals surface area contributed by atoms with Crippen molar-refractivity contribution < 1.29 is 9.59 Å². The van der Waals surface area contributed by atoms with Crippen LogP contribution in [0.4, 0.5) is 5.13 Å². The molecule has 1 aliphatic rings. The highest BCUT2D eigenvalue weighted by Gasteiger charge is 2.22. The van der Waals surface area contributed by atoms with Crippen molar-refractivity contribution in [3.63, 3.8) is 0 Å². The summed E-state index contributed by atoms with van der Waals surface area (Å²) >= 11 is 1.45. The maximum atomic E-state index is 12.1. The molecule has 150 valence electrons. The Balaban J connectivity index is 1.40. The number of piperidine rings is 1. The van der Waals surface area contributed by atoms with E-state index < -0.39 is 0 Å². The third kappa shape index (κ3) is 6.14. The van der Waals surface area contributed by atoms with E-state index in [0.717, 1.165) is 25.3 Å². The van der Waals surface area contributed by atoms with Crippen molar-refractivity contribution in [2.45, 2.75) is 33.2 Å². The maximum absolute atomic E-state index is 12.1. The van der Waals surface area contributed by atoms with Gasteiger partial charge in [-0.05, 0) is 30.4 Å². The van der Waals surface area contributed by atoms with Crippen LogP contribution < -0.4 is 10.6 Å². The van der Waals surface area contributed by atoms with Crippen LogP contribution >= 0.6 is 11.3 Å². The van der Waals surface area contributed by atoms with Crippen LogP contribution in [0, 0.1) is 11.8 Å². The van der Waals surface area contributed by atoms with E-state index in [4.69, 9.17) is 0 Å². The molecule has 2 atom stereocenters. The van der Waals surface area contributed by atoms with Crippen molar-refractivity contribution in [2.75, 3.05) is 25.0 Å². The summed E-state index contributed by atoms with van der Waals surface area (Å²) in [6.45, 7) is 7.92. The lowest BCUT2D eigenvalue weighted by molar-refractivity contribution is -0.116. The number of anilines is 1. The fourth-order valence-corrected chi connectivity index (χ4v) is 4.47. The Bertz CT molecular complexity index is 783. The fraction of sp³-hybridized carbons (Fsp3) is 0.476. The second-order valence-electron chi connectivity index (χ2n) is 7.70. The Labute approximate surface area is 170 Å². The number of hydrogen-bond donors (Lipinski definition) is 2. The first kappa shape index (κ1) is 20.5. The number of benzene rings is 1. The van der Waals surface area contributed by atoms with Gasteiger partial charge in [0.15, 0.2) is 5.13 Å². The molecule has 2 heterocycles. The maximum Gasteiger partial charge on any atom is 0.251 e. The van der Waals surface area contributed by atoms with Gasteiger partial charge in [-0.2, -0.15) is 0 Å². The highest BCUT2D eigenvalue weighted by molar-refractivity contribution is 7.13. The van der Waals surface area contributed by atoms with E-state index in [-0.39, 0.29) is 18.2 Å². The van der Waals surface area contributed by atoms with Crippen LogP contribution in [0.1, 0.15) is 42.7 Å². The summed E-state index contributed by atoms with van der Waals surface area (Å²) in [5.74, 6) is 1.12. The van der Waals surface area contributed by atoms with Gasteiger partial charge >= 0.3 is 0 Å². The van der Waals surface area contributed by atoms with E-state index in [1.807, 2.05) is 23.6 Å². The third-order valence-electron chi connectivity index (χ3n) is 4.80. The van der Waals surface area contributed by atoms with Crippen molar-refractivity contribution in [3.05, 3.63) is 47.0 Å². The smallest absolute Gasteiger partial charge is 0.251 e. The van der Waals surface area contributed by atoms with Crippen LogP contribution in [0.15, 0.2) is 35.7 Å². The molecule has 0 bridgehead atoms. The standard InChI is InChI=1S/C21H28N4O2S/c1-15-10-16(2)12-25(11-15)13-18-14-28-21(23-18)24-19(26)8-9-22-20(27)17-6-4-3-5-7-17/h3-7,14-16H,8-13H2,1-2H3,(H,22,27)(H,23,24,26). The number of carbonyl (C=O) groups is 2. The van der Waals surface area contributed by atoms with Crippen LogP contribution in [-0.2, 0) is 11.3 Å². The van der Waals surface area contributed by atoms with Crippen molar-refractivity contribution in [3.8, 4) is 0 Å². The molecule has 7 heteroatoms. The van der Waals surface area contributed by atoms with Gasteiger partial charge < -0.3 is 10.6 Å². The van der Waals surface area contributed by atoms with E-state index in [0.29, 0.717) is 29.1 Å². The van der Waals surface area contributed by atoms with Crippen molar-refractivity contribution in [2.24, 2.45) is 11.8 Å².